The van der Waals surface area contributed by atoms with Crippen molar-refractivity contribution in [3.63, 3.8) is 0 Å². The van der Waals surface area contributed by atoms with Gasteiger partial charge >= 0.3 is 5.97 Å². The Morgan fingerprint density at radius 2 is 1.84 bits per heavy atom. The fraction of sp³-hybridized carbons (Fsp3) is 0.941. The zero-order valence-corrected chi connectivity index (χ0v) is 13.1. The van der Waals surface area contributed by atoms with Crippen LogP contribution in [0.1, 0.15) is 66.2 Å². The highest BCUT2D eigenvalue weighted by Gasteiger charge is 2.54. The standard InChI is InChI=1S/C17H30O2/c1-12(2)16(18)19-11-17(4)10-15(17)13(3)14-8-6-5-7-9-14/h12-15H,5-11H2,1-4H3/t13-,15?,17?/m0/s1. The van der Waals surface area contributed by atoms with E-state index in [1.807, 2.05) is 13.8 Å². The van der Waals surface area contributed by atoms with Crippen LogP contribution in [0.25, 0.3) is 0 Å². The van der Waals surface area contributed by atoms with Crippen molar-refractivity contribution in [2.75, 3.05) is 6.61 Å². The van der Waals surface area contributed by atoms with Crippen LogP contribution < -0.4 is 0 Å². The quantitative estimate of drug-likeness (QED) is 0.688. The molecule has 0 heterocycles. The molecule has 2 rings (SSSR count). The second-order valence-electron chi connectivity index (χ2n) is 7.48. The molecule has 0 spiro atoms. The van der Waals surface area contributed by atoms with Gasteiger partial charge in [0.05, 0.1) is 12.5 Å². The van der Waals surface area contributed by atoms with Crippen LogP contribution >= 0.6 is 0 Å². The molecule has 0 aromatic carbocycles. The molecule has 2 nitrogen and oxygen atoms in total. The lowest BCUT2D eigenvalue weighted by Gasteiger charge is -2.29. The molecule has 19 heavy (non-hydrogen) atoms. The molecule has 2 heteroatoms. The van der Waals surface area contributed by atoms with Crippen LogP contribution in [-0.2, 0) is 9.53 Å². The van der Waals surface area contributed by atoms with Crippen molar-refractivity contribution in [1.82, 2.24) is 0 Å². The molecule has 0 aromatic heterocycles. The minimum absolute atomic E-state index is 0.00318. The third kappa shape index (κ3) is 3.52. The number of rotatable bonds is 5. The molecule has 2 saturated carbocycles. The van der Waals surface area contributed by atoms with Crippen molar-refractivity contribution in [1.29, 1.82) is 0 Å². The van der Waals surface area contributed by atoms with Gasteiger partial charge in [-0.05, 0) is 24.2 Å². The van der Waals surface area contributed by atoms with E-state index in [1.54, 1.807) is 0 Å². The summed E-state index contributed by atoms with van der Waals surface area (Å²) >= 11 is 0. The van der Waals surface area contributed by atoms with E-state index >= 15 is 0 Å². The van der Waals surface area contributed by atoms with E-state index in [4.69, 9.17) is 4.74 Å². The van der Waals surface area contributed by atoms with Gasteiger partial charge in [0.2, 0.25) is 0 Å². The minimum atomic E-state index is -0.0443. The number of ether oxygens (including phenoxy) is 1. The number of hydrogen-bond acceptors (Lipinski definition) is 2. The third-order valence-electron chi connectivity index (χ3n) is 5.46. The van der Waals surface area contributed by atoms with Crippen molar-refractivity contribution in [2.24, 2.45) is 29.1 Å². The normalized spacial score (nSPS) is 33.2. The first-order chi connectivity index (χ1) is 8.94. The average Bonchev–Trinajstić information content (AvgIpc) is 3.08. The summed E-state index contributed by atoms with van der Waals surface area (Å²) < 4.78 is 5.46. The van der Waals surface area contributed by atoms with Crippen LogP contribution in [0, 0.1) is 29.1 Å². The lowest BCUT2D eigenvalue weighted by atomic mass is 9.77. The molecule has 2 unspecified atom stereocenters. The van der Waals surface area contributed by atoms with Gasteiger partial charge < -0.3 is 4.74 Å². The van der Waals surface area contributed by atoms with Gasteiger partial charge in [0, 0.05) is 5.41 Å². The molecule has 0 N–H and O–H groups in total. The van der Waals surface area contributed by atoms with E-state index in [2.05, 4.69) is 13.8 Å². The van der Waals surface area contributed by atoms with Crippen molar-refractivity contribution >= 4 is 5.97 Å². The lowest BCUT2D eigenvalue weighted by molar-refractivity contribution is -0.149. The molecule has 0 amide bonds. The van der Waals surface area contributed by atoms with Gasteiger partial charge in [-0.2, -0.15) is 0 Å². The maximum Gasteiger partial charge on any atom is 0.308 e. The van der Waals surface area contributed by atoms with Gasteiger partial charge in [-0.25, -0.2) is 0 Å². The SMILES string of the molecule is CC(C)C(=O)OCC1(C)CC1[C@@H](C)C1CCCCC1. The Balaban J connectivity index is 1.79. The van der Waals surface area contributed by atoms with Crippen LogP contribution in [0.15, 0.2) is 0 Å². The van der Waals surface area contributed by atoms with E-state index in [-0.39, 0.29) is 17.3 Å². The van der Waals surface area contributed by atoms with E-state index in [1.165, 1.54) is 38.5 Å². The second kappa shape index (κ2) is 5.85. The molecular formula is C17H30O2. The van der Waals surface area contributed by atoms with Crippen molar-refractivity contribution in [3.05, 3.63) is 0 Å². The molecule has 0 radical (unpaired) electrons. The summed E-state index contributed by atoms with van der Waals surface area (Å²) in [4.78, 5) is 11.6. The summed E-state index contributed by atoms with van der Waals surface area (Å²) in [7, 11) is 0. The Morgan fingerprint density at radius 1 is 1.21 bits per heavy atom. The first kappa shape index (κ1) is 14.9. The van der Waals surface area contributed by atoms with Gasteiger partial charge in [-0.15, -0.1) is 0 Å². The Hall–Kier alpha value is -0.530. The van der Waals surface area contributed by atoms with Crippen molar-refractivity contribution in [2.45, 2.75) is 66.2 Å². The van der Waals surface area contributed by atoms with Crippen LogP contribution in [0.3, 0.4) is 0 Å². The maximum absolute atomic E-state index is 11.6. The molecule has 0 aromatic rings. The van der Waals surface area contributed by atoms with Crippen LogP contribution in [0.2, 0.25) is 0 Å². The highest BCUT2D eigenvalue weighted by molar-refractivity contribution is 5.71. The first-order valence-electron chi connectivity index (χ1n) is 8.10. The van der Waals surface area contributed by atoms with Crippen LogP contribution in [0.5, 0.6) is 0 Å². The number of hydrogen-bond donors (Lipinski definition) is 0. The van der Waals surface area contributed by atoms with Gasteiger partial charge in [-0.1, -0.05) is 59.8 Å². The zero-order valence-electron chi connectivity index (χ0n) is 13.1. The van der Waals surface area contributed by atoms with Crippen LogP contribution in [0.4, 0.5) is 0 Å². The van der Waals surface area contributed by atoms with E-state index in [9.17, 15) is 4.79 Å². The number of carbonyl (C=O) groups is 1. The highest BCUT2D eigenvalue weighted by Crippen LogP contribution is 2.59. The Labute approximate surface area is 118 Å². The smallest absolute Gasteiger partial charge is 0.308 e. The van der Waals surface area contributed by atoms with Crippen LogP contribution in [-0.4, -0.2) is 12.6 Å². The lowest BCUT2D eigenvalue weighted by Crippen LogP contribution is -2.23. The molecule has 3 atom stereocenters. The Bertz CT molecular complexity index is 317. The predicted molar refractivity (Wildman–Crippen MR) is 77.8 cm³/mol. The highest BCUT2D eigenvalue weighted by atomic mass is 16.5. The van der Waals surface area contributed by atoms with Gasteiger partial charge in [0.1, 0.15) is 0 Å². The summed E-state index contributed by atoms with van der Waals surface area (Å²) in [6.07, 6.45) is 8.34. The zero-order chi connectivity index (χ0) is 14.0. The largest absolute Gasteiger partial charge is 0.465 e. The van der Waals surface area contributed by atoms with Crippen molar-refractivity contribution < 1.29 is 9.53 Å². The predicted octanol–water partition coefficient (Wildman–Crippen LogP) is 4.43. The summed E-state index contributed by atoms with van der Waals surface area (Å²) in [6, 6.07) is 0. The van der Waals surface area contributed by atoms with E-state index in [0.717, 1.165) is 17.8 Å². The Kier molecular flexibility index (Phi) is 4.58. The molecule has 2 aliphatic carbocycles. The first-order valence-corrected chi connectivity index (χ1v) is 8.10. The summed E-state index contributed by atoms with van der Waals surface area (Å²) in [5, 5.41) is 0. The number of esters is 1. The monoisotopic (exact) mass is 266 g/mol. The fourth-order valence-corrected chi connectivity index (χ4v) is 3.82. The minimum Gasteiger partial charge on any atom is -0.465 e. The molecule has 0 bridgehead atoms. The fourth-order valence-electron chi connectivity index (χ4n) is 3.82. The molecule has 0 aliphatic heterocycles. The van der Waals surface area contributed by atoms with Gasteiger partial charge in [-0.3, -0.25) is 4.79 Å². The number of carbonyl (C=O) groups excluding carboxylic acids is 1. The van der Waals surface area contributed by atoms with Gasteiger partial charge in [0.15, 0.2) is 0 Å². The van der Waals surface area contributed by atoms with Crippen molar-refractivity contribution in [3.8, 4) is 0 Å². The average molecular weight is 266 g/mol. The van der Waals surface area contributed by atoms with E-state index < -0.39 is 0 Å². The summed E-state index contributed by atoms with van der Waals surface area (Å²) in [6.45, 7) is 9.16. The molecular weight excluding hydrogens is 236 g/mol. The molecule has 0 saturated heterocycles. The summed E-state index contributed by atoms with van der Waals surface area (Å²) in [5.41, 5.74) is 0.265. The summed E-state index contributed by atoms with van der Waals surface area (Å²) in [5.74, 6) is 2.45. The van der Waals surface area contributed by atoms with E-state index in [0.29, 0.717) is 6.61 Å². The van der Waals surface area contributed by atoms with Gasteiger partial charge in [0.25, 0.3) is 0 Å². The molecule has 2 fully saturated rings. The third-order valence-corrected chi connectivity index (χ3v) is 5.46. The molecule has 110 valence electrons. The topological polar surface area (TPSA) is 26.3 Å². The Morgan fingerprint density at radius 3 is 2.42 bits per heavy atom. The molecule has 2 aliphatic rings. The maximum atomic E-state index is 11.6. The second-order valence-corrected chi connectivity index (χ2v) is 7.48.